The lowest BCUT2D eigenvalue weighted by atomic mass is 10.2. The molecule has 4 rings (SSSR count). The number of carbonyl (C=O) groups is 1. The van der Waals surface area contributed by atoms with E-state index in [9.17, 15) is 23.1 Å². The largest absolute Gasteiger partial charge is 0.503 e. The van der Waals surface area contributed by atoms with E-state index in [1.165, 1.54) is 49.7 Å². The van der Waals surface area contributed by atoms with Crippen molar-refractivity contribution in [1.29, 1.82) is 0 Å². The van der Waals surface area contributed by atoms with Crippen LogP contribution in [-0.4, -0.2) is 28.1 Å². The number of methoxy groups -OCH3 is 1. The van der Waals surface area contributed by atoms with E-state index < -0.39 is 23.4 Å². The Morgan fingerprint density at radius 1 is 1.12 bits per heavy atom. The first-order valence-electron chi connectivity index (χ1n) is 9.04. The monoisotopic (exact) mass is 461 g/mol. The molecule has 7 nitrogen and oxygen atoms in total. The summed E-state index contributed by atoms with van der Waals surface area (Å²) in [5.74, 6) is -1.15. The minimum Gasteiger partial charge on any atom is -0.503 e. The first kappa shape index (κ1) is 21.4. The highest BCUT2D eigenvalue weighted by Gasteiger charge is 2.34. The molecule has 0 bridgehead atoms. The van der Waals surface area contributed by atoms with Crippen LogP contribution in [0, 0.1) is 0 Å². The smallest absolute Gasteiger partial charge is 0.419 e. The number of ether oxygens (including phenoxy) is 2. The van der Waals surface area contributed by atoms with Crippen molar-refractivity contribution in [3.05, 3.63) is 66.0 Å². The summed E-state index contributed by atoms with van der Waals surface area (Å²) in [6.45, 7) is 0. The number of aromatic nitrogens is 2. The van der Waals surface area contributed by atoms with E-state index in [4.69, 9.17) is 9.47 Å². The normalized spacial score (nSPS) is 11.4. The van der Waals surface area contributed by atoms with Gasteiger partial charge >= 0.3 is 6.18 Å². The first-order chi connectivity index (χ1) is 15.3. The number of alkyl halides is 3. The minimum absolute atomic E-state index is 0.0929. The summed E-state index contributed by atoms with van der Waals surface area (Å²) in [4.78, 5) is 20.6. The fourth-order valence-electron chi connectivity index (χ4n) is 2.86. The van der Waals surface area contributed by atoms with Crippen molar-refractivity contribution < 1.29 is 32.5 Å². The number of halogens is 3. The molecule has 0 fully saturated rings. The first-order valence-corrected chi connectivity index (χ1v) is 9.86. The Labute approximate surface area is 183 Å². The zero-order chi connectivity index (χ0) is 22.9. The molecule has 11 heteroatoms. The predicted octanol–water partition coefficient (Wildman–Crippen LogP) is 5.47. The summed E-state index contributed by atoms with van der Waals surface area (Å²) in [6, 6.07) is 10.9. The molecule has 0 saturated carbocycles. The van der Waals surface area contributed by atoms with Crippen LogP contribution in [0.3, 0.4) is 0 Å². The predicted molar refractivity (Wildman–Crippen MR) is 112 cm³/mol. The van der Waals surface area contributed by atoms with Crippen molar-refractivity contribution in [1.82, 2.24) is 9.97 Å². The van der Waals surface area contributed by atoms with Gasteiger partial charge in [0.1, 0.15) is 11.5 Å². The Morgan fingerprint density at radius 2 is 1.91 bits per heavy atom. The van der Waals surface area contributed by atoms with E-state index in [1.54, 1.807) is 6.07 Å². The minimum atomic E-state index is -4.55. The van der Waals surface area contributed by atoms with Crippen LogP contribution < -0.4 is 14.8 Å². The Morgan fingerprint density at radius 3 is 2.66 bits per heavy atom. The van der Waals surface area contributed by atoms with Crippen LogP contribution in [0.2, 0.25) is 0 Å². The number of hydrogen-bond donors (Lipinski definition) is 2. The number of nitrogens with one attached hydrogen (secondary N) is 1. The van der Waals surface area contributed by atoms with E-state index in [1.807, 2.05) is 0 Å². The van der Waals surface area contributed by atoms with E-state index in [0.29, 0.717) is 10.2 Å². The maximum absolute atomic E-state index is 13.2. The van der Waals surface area contributed by atoms with Crippen molar-refractivity contribution in [2.45, 2.75) is 6.18 Å². The lowest BCUT2D eigenvalue weighted by Gasteiger charge is -2.13. The number of thiazole rings is 1. The number of carbonyl (C=O) groups excluding carboxylic acids is 1. The third kappa shape index (κ3) is 4.28. The van der Waals surface area contributed by atoms with Gasteiger partial charge in [0.15, 0.2) is 22.3 Å². The summed E-state index contributed by atoms with van der Waals surface area (Å²) in [7, 11) is 1.34. The van der Waals surface area contributed by atoms with Gasteiger partial charge in [0, 0.05) is 18.3 Å². The number of para-hydroxylation sites is 1. The summed E-state index contributed by atoms with van der Waals surface area (Å²) in [5.41, 5.74) is -0.621. The quantitative estimate of drug-likeness (QED) is 0.410. The topological polar surface area (TPSA) is 93.6 Å². The average molecular weight is 461 g/mol. The van der Waals surface area contributed by atoms with Gasteiger partial charge < -0.3 is 14.6 Å². The molecule has 2 aromatic carbocycles. The second-order valence-corrected chi connectivity index (χ2v) is 7.44. The molecule has 0 saturated heterocycles. The summed E-state index contributed by atoms with van der Waals surface area (Å²) in [5, 5.41) is 12.8. The molecular formula is C21H14F3N3O4S. The highest BCUT2D eigenvalue weighted by molar-refractivity contribution is 7.22. The van der Waals surface area contributed by atoms with Gasteiger partial charge in [-0.05, 0) is 24.3 Å². The van der Waals surface area contributed by atoms with E-state index in [0.717, 1.165) is 17.4 Å². The van der Waals surface area contributed by atoms with E-state index >= 15 is 0 Å². The number of nitrogens with zero attached hydrogens (tertiary/aromatic N) is 2. The number of aromatic hydroxyl groups is 1. The SMILES string of the molecule is COc1ccnc(C(=O)Nc2nc3ccc(Oc4ccccc4C(F)(F)F)cc3s2)c1O. The Bertz CT molecular complexity index is 1310. The van der Waals surface area contributed by atoms with Gasteiger partial charge in [-0.2, -0.15) is 13.2 Å². The number of anilines is 1. The lowest BCUT2D eigenvalue weighted by Crippen LogP contribution is -2.13. The molecule has 0 aliphatic rings. The van der Waals surface area contributed by atoms with Crippen LogP contribution in [0.5, 0.6) is 23.0 Å². The van der Waals surface area contributed by atoms with Crippen molar-refractivity contribution in [2.24, 2.45) is 0 Å². The molecule has 2 N–H and O–H groups in total. The number of rotatable bonds is 5. The highest BCUT2D eigenvalue weighted by atomic mass is 32.1. The van der Waals surface area contributed by atoms with Crippen molar-refractivity contribution in [2.75, 3.05) is 12.4 Å². The zero-order valence-electron chi connectivity index (χ0n) is 16.3. The molecule has 164 valence electrons. The number of benzene rings is 2. The lowest BCUT2D eigenvalue weighted by molar-refractivity contribution is -0.138. The average Bonchev–Trinajstić information content (AvgIpc) is 3.15. The Balaban J connectivity index is 1.57. The van der Waals surface area contributed by atoms with Gasteiger partial charge in [-0.3, -0.25) is 10.1 Å². The van der Waals surface area contributed by atoms with Gasteiger partial charge in [-0.1, -0.05) is 23.5 Å². The molecule has 32 heavy (non-hydrogen) atoms. The summed E-state index contributed by atoms with van der Waals surface area (Å²) >= 11 is 1.08. The molecular weight excluding hydrogens is 447 g/mol. The molecule has 0 aliphatic heterocycles. The van der Waals surface area contributed by atoms with Crippen LogP contribution in [0.15, 0.2) is 54.7 Å². The molecule has 0 atom stereocenters. The van der Waals surface area contributed by atoms with Crippen LogP contribution in [0.4, 0.5) is 18.3 Å². The van der Waals surface area contributed by atoms with Crippen molar-refractivity contribution in [3.8, 4) is 23.0 Å². The van der Waals surface area contributed by atoms with Gasteiger partial charge in [0.2, 0.25) is 0 Å². The van der Waals surface area contributed by atoms with Gasteiger partial charge in [0.25, 0.3) is 5.91 Å². The second-order valence-electron chi connectivity index (χ2n) is 6.41. The fourth-order valence-corrected chi connectivity index (χ4v) is 3.75. The number of hydrogen-bond acceptors (Lipinski definition) is 7. The molecule has 1 amide bonds. The van der Waals surface area contributed by atoms with Gasteiger partial charge in [0.05, 0.1) is 22.9 Å². The fraction of sp³-hybridized carbons (Fsp3) is 0.0952. The Hall–Kier alpha value is -3.86. The van der Waals surface area contributed by atoms with Crippen LogP contribution in [0.25, 0.3) is 10.2 Å². The van der Waals surface area contributed by atoms with Gasteiger partial charge in [-0.15, -0.1) is 0 Å². The maximum atomic E-state index is 13.2. The molecule has 2 heterocycles. The van der Waals surface area contributed by atoms with E-state index in [2.05, 4.69) is 15.3 Å². The Kier molecular flexibility index (Phi) is 5.57. The molecule has 0 spiro atoms. The maximum Gasteiger partial charge on any atom is 0.419 e. The second kappa shape index (κ2) is 8.35. The number of pyridine rings is 1. The standard InChI is InChI=1S/C21H14F3N3O4S/c1-30-15-8-9-25-17(18(15)28)19(29)27-20-26-13-7-6-11(10-16(13)32-20)31-14-5-3-2-4-12(14)21(22,23)24/h2-10,28H,1H3,(H,26,27,29). The van der Waals surface area contributed by atoms with Crippen LogP contribution >= 0.6 is 11.3 Å². The van der Waals surface area contributed by atoms with Crippen molar-refractivity contribution in [3.63, 3.8) is 0 Å². The number of amides is 1. The van der Waals surface area contributed by atoms with Crippen LogP contribution in [0.1, 0.15) is 16.1 Å². The molecule has 0 unspecified atom stereocenters. The third-order valence-corrected chi connectivity index (χ3v) is 5.26. The van der Waals surface area contributed by atoms with Gasteiger partial charge in [-0.25, -0.2) is 9.97 Å². The summed E-state index contributed by atoms with van der Waals surface area (Å²) in [6.07, 6.45) is -3.24. The molecule has 0 aliphatic carbocycles. The molecule has 4 aromatic rings. The molecule has 0 radical (unpaired) electrons. The zero-order valence-corrected chi connectivity index (χ0v) is 17.1. The third-order valence-electron chi connectivity index (χ3n) is 4.32. The van der Waals surface area contributed by atoms with E-state index in [-0.39, 0.29) is 28.1 Å². The number of fused-ring (bicyclic) bond motifs is 1. The molecule has 2 aromatic heterocycles. The summed E-state index contributed by atoms with van der Waals surface area (Å²) < 4.78 is 50.5. The van der Waals surface area contributed by atoms with Crippen LogP contribution in [-0.2, 0) is 6.18 Å². The van der Waals surface area contributed by atoms with Crippen molar-refractivity contribution >= 4 is 32.6 Å². The highest BCUT2D eigenvalue weighted by Crippen LogP contribution is 2.39.